The van der Waals surface area contributed by atoms with Crippen LogP contribution in [0, 0.1) is 0 Å². The van der Waals surface area contributed by atoms with Crippen LogP contribution in [0.4, 0.5) is 11.4 Å². The summed E-state index contributed by atoms with van der Waals surface area (Å²) in [5.74, 6) is -1.35. The van der Waals surface area contributed by atoms with E-state index in [-0.39, 0.29) is 22.5 Å². The Balaban J connectivity index is 3.38. The van der Waals surface area contributed by atoms with E-state index in [1.54, 1.807) is 0 Å². The van der Waals surface area contributed by atoms with Crippen molar-refractivity contribution in [3.63, 3.8) is 0 Å². The Hall–Kier alpha value is -2.24. The maximum Gasteiger partial charge on any atom is 0.338 e. The summed E-state index contributed by atoms with van der Waals surface area (Å²) < 4.78 is 9.05. The summed E-state index contributed by atoms with van der Waals surface area (Å²) in [6, 6.07) is 2.57. The molecule has 0 bridgehead atoms. The fraction of sp³-hybridized carbons (Fsp3) is 0.200. The number of ether oxygens (including phenoxy) is 2. The number of nitrogens with two attached hydrogens (primary N) is 2. The minimum absolute atomic E-state index is 0.0288. The summed E-state index contributed by atoms with van der Waals surface area (Å²) in [6.07, 6.45) is 0. The van der Waals surface area contributed by atoms with Crippen LogP contribution in [0.2, 0.25) is 0 Å². The third kappa shape index (κ3) is 2.05. The zero-order valence-electron chi connectivity index (χ0n) is 8.94. The molecule has 0 aliphatic rings. The van der Waals surface area contributed by atoms with Crippen LogP contribution < -0.4 is 11.5 Å². The van der Waals surface area contributed by atoms with Gasteiger partial charge in [0.25, 0.3) is 0 Å². The highest BCUT2D eigenvalue weighted by atomic mass is 16.5. The van der Waals surface area contributed by atoms with E-state index in [9.17, 15) is 9.59 Å². The Morgan fingerprint density at radius 3 is 1.50 bits per heavy atom. The molecule has 0 spiro atoms. The predicted octanol–water partition coefficient (Wildman–Crippen LogP) is 0.424. The monoisotopic (exact) mass is 224 g/mol. The molecule has 0 fully saturated rings. The number of methoxy groups -OCH3 is 2. The molecule has 0 saturated heterocycles. The second-order valence-corrected chi connectivity index (χ2v) is 3.01. The molecular formula is C10H12N2O4. The number of hydrogen-bond donors (Lipinski definition) is 2. The number of anilines is 2. The Kier molecular flexibility index (Phi) is 3.34. The first-order valence-corrected chi connectivity index (χ1v) is 4.37. The second-order valence-electron chi connectivity index (χ2n) is 3.01. The van der Waals surface area contributed by atoms with Crippen LogP contribution in [0.25, 0.3) is 0 Å². The first-order valence-electron chi connectivity index (χ1n) is 4.37. The second kappa shape index (κ2) is 4.52. The van der Waals surface area contributed by atoms with E-state index >= 15 is 0 Å². The van der Waals surface area contributed by atoms with Crippen LogP contribution in [-0.2, 0) is 9.47 Å². The van der Waals surface area contributed by atoms with Crippen molar-refractivity contribution in [2.24, 2.45) is 0 Å². The molecule has 0 heterocycles. The Bertz CT molecular complexity index is 402. The van der Waals surface area contributed by atoms with Crippen molar-refractivity contribution in [3.05, 3.63) is 23.3 Å². The van der Waals surface area contributed by atoms with Crippen molar-refractivity contribution in [1.82, 2.24) is 0 Å². The molecule has 0 radical (unpaired) electrons. The average Bonchev–Trinajstić information content (AvgIpc) is 2.30. The van der Waals surface area contributed by atoms with Gasteiger partial charge in [0.1, 0.15) is 0 Å². The van der Waals surface area contributed by atoms with Crippen molar-refractivity contribution in [1.29, 1.82) is 0 Å². The molecular weight excluding hydrogens is 212 g/mol. The van der Waals surface area contributed by atoms with Gasteiger partial charge in [0, 0.05) is 0 Å². The van der Waals surface area contributed by atoms with Gasteiger partial charge in [-0.25, -0.2) is 9.59 Å². The van der Waals surface area contributed by atoms with Crippen molar-refractivity contribution < 1.29 is 19.1 Å². The molecule has 0 aromatic heterocycles. The van der Waals surface area contributed by atoms with E-state index in [1.165, 1.54) is 26.4 Å². The minimum atomic E-state index is -0.674. The predicted molar refractivity (Wildman–Crippen MR) is 57.9 cm³/mol. The van der Waals surface area contributed by atoms with E-state index in [0.29, 0.717) is 0 Å². The lowest BCUT2D eigenvalue weighted by Gasteiger charge is -2.09. The number of carbonyl (C=O) groups is 2. The van der Waals surface area contributed by atoms with Gasteiger partial charge in [-0.2, -0.15) is 0 Å². The molecule has 1 aromatic rings. The number of rotatable bonds is 2. The Morgan fingerprint density at radius 1 is 0.938 bits per heavy atom. The fourth-order valence-corrected chi connectivity index (χ4v) is 1.19. The Morgan fingerprint density at radius 2 is 1.25 bits per heavy atom. The van der Waals surface area contributed by atoms with Crippen molar-refractivity contribution >= 4 is 23.3 Å². The summed E-state index contributed by atoms with van der Waals surface area (Å²) in [5, 5.41) is 0. The first-order chi connectivity index (χ1) is 7.51. The summed E-state index contributed by atoms with van der Waals surface area (Å²) in [6.45, 7) is 0. The molecule has 0 amide bonds. The van der Waals surface area contributed by atoms with Crippen molar-refractivity contribution in [2.45, 2.75) is 0 Å². The number of benzene rings is 1. The quantitative estimate of drug-likeness (QED) is 0.557. The highest BCUT2D eigenvalue weighted by Gasteiger charge is 2.19. The normalized spacial score (nSPS) is 9.62. The van der Waals surface area contributed by atoms with Crippen LogP contribution in [0.3, 0.4) is 0 Å². The van der Waals surface area contributed by atoms with Gasteiger partial charge >= 0.3 is 11.9 Å². The van der Waals surface area contributed by atoms with E-state index in [4.69, 9.17) is 11.5 Å². The third-order valence-electron chi connectivity index (χ3n) is 2.03. The topological polar surface area (TPSA) is 105 Å². The van der Waals surface area contributed by atoms with Gasteiger partial charge in [-0.15, -0.1) is 0 Å². The molecule has 0 unspecified atom stereocenters. The lowest BCUT2D eigenvalue weighted by molar-refractivity contribution is 0.0555. The number of esters is 2. The smallest absolute Gasteiger partial charge is 0.338 e. The highest BCUT2D eigenvalue weighted by molar-refractivity contribution is 6.05. The molecule has 0 aliphatic heterocycles. The van der Waals surface area contributed by atoms with E-state index in [2.05, 4.69) is 9.47 Å². The van der Waals surface area contributed by atoms with Gasteiger partial charge in [-0.05, 0) is 12.1 Å². The standard InChI is InChI=1S/C10H12N2O4/c1-15-9(13)5-3-7(11)8(12)4-6(5)10(14)16-2/h3-4H,11-12H2,1-2H3. The van der Waals surface area contributed by atoms with E-state index in [1.807, 2.05) is 0 Å². The lowest BCUT2D eigenvalue weighted by Crippen LogP contribution is -2.13. The molecule has 16 heavy (non-hydrogen) atoms. The largest absolute Gasteiger partial charge is 0.465 e. The van der Waals surface area contributed by atoms with Crippen LogP contribution in [0.1, 0.15) is 20.7 Å². The SMILES string of the molecule is COC(=O)c1cc(N)c(N)cc1C(=O)OC. The van der Waals surface area contributed by atoms with Gasteiger partial charge in [0.2, 0.25) is 0 Å². The maximum absolute atomic E-state index is 11.4. The molecule has 0 saturated carbocycles. The van der Waals surface area contributed by atoms with E-state index < -0.39 is 11.9 Å². The van der Waals surface area contributed by atoms with Gasteiger partial charge in [-0.1, -0.05) is 0 Å². The van der Waals surface area contributed by atoms with Gasteiger partial charge in [0.05, 0.1) is 36.7 Å². The van der Waals surface area contributed by atoms with Crippen molar-refractivity contribution in [3.8, 4) is 0 Å². The lowest BCUT2D eigenvalue weighted by atomic mass is 10.1. The van der Waals surface area contributed by atoms with E-state index in [0.717, 1.165) is 0 Å². The van der Waals surface area contributed by atoms with Crippen molar-refractivity contribution in [2.75, 3.05) is 25.7 Å². The Labute approximate surface area is 92.1 Å². The molecule has 6 heteroatoms. The molecule has 0 aliphatic carbocycles. The summed E-state index contributed by atoms with van der Waals surface area (Å²) in [5.41, 5.74) is 11.5. The fourth-order valence-electron chi connectivity index (χ4n) is 1.19. The zero-order valence-corrected chi connectivity index (χ0v) is 8.94. The molecule has 6 nitrogen and oxygen atoms in total. The molecule has 1 aromatic carbocycles. The average molecular weight is 224 g/mol. The zero-order chi connectivity index (χ0) is 12.3. The first kappa shape index (κ1) is 11.8. The van der Waals surface area contributed by atoms with Crippen LogP contribution >= 0.6 is 0 Å². The van der Waals surface area contributed by atoms with Gasteiger partial charge in [0.15, 0.2) is 0 Å². The summed E-state index contributed by atoms with van der Waals surface area (Å²) in [7, 11) is 2.41. The van der Waals surface area contributed by atoms with Crippen LogP contribution in [0.15, 0.2) is 12.1 Å². The molecule has 4 N–H and O–H groups in total. The summed E-state index contributed by atoms with van der Waals surface area (Å²) >= 11 is 0. The van der Waals surface area contributed by atoms with Gasteiger partial charge < -0.3 is 20.9 Å². The molecule has 1 rings (SSSR count). The highest BCUT2D eigenvalue weighted by Crippen LogP contribution is 2.22. The third-order valence-corrected chi connectivity index (χ3v) is 2.03. The molecule has 86 valence electrons. The van der Waals surface area contributed by atoms with Crippen LogP contribution in [0.5, 0.6) is 0 Å². The van der Waals surface area contributed by atoms with Crippen LogP contribution in [-0.4, -0.2) is 26.2 Å². The van der Waals surface area contributed by atoms with Gasteiger partial charge in [-0.3, -0.25) is 0 Å². The number of nitrogen functional groups attached to an aromatic ring is 2. The minimum Gasteiger partial charge on any atom is -0.465 e. The molecule has 0 atom stereocenters. The number of carbonyl (C=O) groups excluding carboxylic acids is 2. The number of hydrogen-bond acceptors (Lipinski definition) is 6. The maximum atomic E-state index is 11.4. The summed E-state index contributed by atoms with van der Waals surface area (Å²) in [4.78, 5) is 22.8.